The third-order valence-electron chi connectivity index (χ3n) is 3.07. The minimum atomic E-state index is -0.649. The van der Waals surface area contributed by atoms with Crippen molar-refractivity contribution in [3.05, 3.63) is 52.3 Å². The third-order valence-corrected chi connectivity index (χ3v) is 3.07. The van der Waals surface area contributed by atoms with Gasteiger partial charge in [-0.1, -0.05) is 0 Å². The van der Waals surface area contributed by atoms with Crippen LogP contribution in [0.4, 0.5) is 0 Å². The van der Waals surface area contributed by atoms with Gasteiger partial charge in [0.25, 0.3) is 5.56 Å². The van der Waals surface area contributed by atoms with Crippen LogP contribution in [0.1, 0.15) is 12.5 Å². The lowest BCUT2D eigenvalue weighted by Gasteiger charge is -2.12. The number of benzene rings is 1. The Morgan fingerprint density at radius 1 is 1.27 bits per heavy atom. The second kappa shape index (κ2) is 6.59. The number of nitrogens with two attached hydrogens (primary N) is 1. The van der Waals surface area contributed by atoms with E-state index in [-0.39, 0.29) is 12.1 Å². The molecule has 2 N–H and O–H groups in total. The Morgan fingerprint density at radius 3 is 2.50 bits per heavy atom. The molecule has 112 valence electrons. The van der Waals surface area contributed by atoms with Crippen LogP contribution in [0.3, 0.4) is 0 Å². The van der Waals surface area contributed by atoms with E-state index in [1.165, 1.54) is 10.6 Å². The van der Waals surface area contributed by atoms with E-state index in [4.69, 9.17) is 15.7 Å². The van der Waals surface area contributed by atoms with E-state index in [9.17, 15) is 9.59 Å². The molecule has 0 aliphatic rings. The lowest BCUT2D eigenvalue weighted by Crippen LogP contribution is -2.30. The van der Waals surface area contributed by atoms with E-state index in [1.54, 1.807) is 30.3 Å². The molecule has 2 rings (SSSR count). The molecule has 0 atom stereocenters. The van der Waals surface area contributed by atoms with Gasteiger partial charge in [0.15, 0.2) is 0 Å². The molecule has 0 saturated carbocycles. The minimum absolute atomic E-state index is 0.0315. The normalized spacial score (nSPS) is 10.0. The molecule has 0 bridgehead atoms. The fourth-order valence-electron chi connectivity index (χ4n) is 2.12. The summed E-state index contributed by atoms with van der Waals surface area (Å²) in [5, 5.41) is 8.94. The average Bonchev–Trinajstić information content (AvgIpc) is 2.50. The number of pyridine rings is 1. The number of aromatic nitrogens is 1. The summed E-state index contributed by atoms with van der Waals surface area (Å²) in [6, 6.07) is 12.0. The molecule has 22 heavy (non-hydrogen) atoms. The number of carbonyl (C=O) groups excluding carboxylic acids is 1. The highest BCUT2D eigenvalue weighted by Crippen LogP contribution is 2.22. The smallest absolute Gasteiger partial charge is 0.269 e. The predicted molar refractivity (Wildman–Crippen MR) is 81.2 cm³/mol. The molecular weight excluding hydrogens is 282 g/mol. The number of ether oxygens (including phenoxy) is 1. The molecule has 0 saturated heterocycles. The summed E-state index contributed by atoms with van der Waals surface area (Å²) in [7, 11) is 0. The van der Waals surface area contributed by atoms with Crippen molar-refractivity contribution in [3.8, 4) is 23.1 Å². The first-order valence-corrected chi connectivity index (χ1v) is 6.72. The predicted octanol–water partition coefficient (Wildman–Crippen LogP) is 1.27. The van der Waals surface area contributed by atoms with E-state index in [0.717, 1.165) is 5.56 Å². The van der Waals surface area contributed by atoms with Crippen molar-refractivity contribution in [2.45, 2.75) is 13.5 Å². The Bertz CT molecular complexity index is 786. The van der Waals surface area contributed by atoms with E-state index < -0.39 is 11.5 Å². The van der Waals surface area contributed by atoms with E-state index in [1.807, 2.05) is 13.0 Å². The second-order valence-electron chi connectivity index (χ2n) is 4.56. The SMILES string of the molecule is CCOc1ccc(-c2ccc(C#N)c(=O)n2CC(N)=O)cc1. The molecular formula is C16H15N3O3. The van der Waals surface area contributed by atoms with Gasteiger partial charge >= 0.3 is 0 Å². The molecule has 1 amide bonds. The van der Waals surface area contributed by atoms with Gasteiger partial charge in [-0.05, 0) is 48.9 Å². The first-order chi connectivity index (χ1) is 10.6. The molecule has 6 heteroatoms. The molecule has 0 radical (unpaired) electrons. The zero-order chi connectivity index (χ0) is 16.1. The van der Waals surface area contributed by atoms with Crippen molar-refractivity contribution in [1.82, 2.24) is 4.57 Å². The van der Waals surface area contributed by atoms with Gasteiger partial charge in [0, 0.05) is 0 Å². The average molecular weight is 297 g/mol. The van der Waals surface area contributed by atoms with Crippen molar-refractivity contribution in [2.75, 3.05) is 6.61 Å². The lowest BCUT2D eigenvalue weighted by molar-refractivity contribution is -0.118. The van der Waals surface area contributed by atoms with Crippen molar-refractivity contribution >= 4 is 5.91 Å². The molecule has 0 aliphatic carbocycles. The Kier molecular flexibility index (Phi) is 4.59. The summed E-state index contributed by atoms with van der Waals surface area (Å²) in [5.41, 5.74) is 5.88. The number of rotatable bonds is 5. The first-order valence-electron chi connectivity index (χ1n) is 6.72. The third kappa shape index (κ3) is 3.15. The van der Waals surface area contributed by atoms with Crippen LogP contribution in [0.25, 0.3) is 11.3 Å². The quantitative estimate of drug-likeness (QED) is 0.898. The van der Waals surface area contributed by atoms with Gasteiger partial charge < -0.3 is 10.5 Å². The van der Waals surface area contributed by atoms with Gasteiger partial charge in [0.1, 0.15) is 23.9 Å². The molecule has 0 fully saturated rings. The lowest BCUT2D eigenvalue weighted by atomic mass is 10.1. The van der Waals surface area contributed by atoms with Crippen LogP contribution in [0.15, 0.2) is 41.2 Å². The van der Waals surface area contributed by atoms with Crippen LogP contribution in [0, 0.1) is 11.3 Å². The van der Waals surface area contributed by atoms with Gasteiger partial charge in [-0.3, -0.25) is 14.2 Å². The van der Waals surface area contributed by atoms with Crippen LogP contribution in [-0.2, 0) is 11.3 Å². The standard InChI is InChI=1S/C16H15N3O3/c1-2-22-13-6-3-11(4-7-13)14-8-5-12(9-17)16(21)19(14)10-15(18)20/h3-8H,2,10H2,1H3,(H2,18,20). The maximum Gasteiger partial charge on any atom is 0.269 e. The summed E-state index contributed by atoms with van der Waals surface area (Å²) in [5.74, 6) is 0.0630. The fourth-order valence-corrected chi connectivity index (χ4v) is 2.12. The maximum absolute atomic E-state index is 12.2. The Morgan fingerprint density at radius 2 is 1.95 bits per heavy atom. The van der Waals surface area contributed by atoms with Crippen LogP contribution >= 0.6 is 0 Å². The van der Waals surface area contributed by atoms with Gasteiger partial charge in [-0.2, -0.15) is 5.26 Å². The largest absolute Gasteiger partial charge is 0.494 e. The first kappa shape index (κ1) is 15.3. The minimum Gasteiger partial charge on any atom is -0.494 e. The highest BCUT2D eigenvalue weighted by atomic mass is 16.5. The molecule has 2 aromatic rings. The summed E-state index contributed by atoms with van der Waals surface area (Å²) in [6.07, 6.45) is 0. The fraction of sp³-hybridized carbons (Fsp3) is 0.188. The van der Waals surface area contributed by atoms with Gasteiger partial charge in [0.2, 0.25) is 5.91 Å². The number of nitrogens with zero attached hydrogens (tertiary/aromatic N) is 2. The summed E-state index contributed by atoms with van der Waals surface area (Å²) >= 11 is 0. The molecule has 1 aromatic carbocycles. The van der Waals surface area contributed by atoms with Gasteiger partial charge in [0.05, 0.1) is 12.3 Å². The molecule has 0 unspecified atom stereocenters. The van der Waals surface area contributed by atoms with Crippen LogP contribution in [0.5, 0.6) is 5.75 Å². The number of hydrogen-bond donors (Lipinski definition) is 1. The topological polar surface area (TPSA) is 98.1 Å². The van der Waals surface area contributed by atoms with E-state index >= 15 is 0 Å². The van der Waals surface area contributed by atoms with Crippen molar-refractivity contribution in [2.24, 2.45) is 5.73 Å². The van der Waals surface area contributed by atoms with Crippen molar-refractivity contribution in [3.63, 3.8) is 0 Å². The summed E-state index contributed by atoms with van der Waals surface area (Å²) < 4.78 is 6.57. The number of hydrogen-bond acceptors (Lipinski definition) is 4. The number of primary amides is 1. The highest BCUT2D eigenvalue weighted by Gasteiger charge is 2.12. The van der Waals surface area contributed by atoms with Crippen molar-refractivity contribution in [1.29, 1.82) is 5.26 Å². The van der Waals surface area contributed by atoms with Crippen LogP contribution < -0.4 is 16.0 Å². The van der Waals surface area contributed by atoms with Gasteiger partial charge in [-0.25, -0.2) is 0 Å². The molecule has 6 nitrogen and oxygen atoms in total. The van der Waals surface area contributed by atoms with Crippen molar-refractivity contribution < 1.29 is 9.53 Å². The Balaban J connectivity index is 2.54. The molecule has 1 heterocycles. The van der Waals surface area contributed by atoms with Gasteiger partial charge in [-0.15, -0.1) is 0 Å². The van der Waals surface area contributed by atoms with E-state index in [2.05, 4.69) is 0 Å². The van der Waals surface area contributed by atoms with Crippen LogP contribution in [-0.4, -0.2) is 17.1 Å². The summed E-state index contributed by atoms with van der Waals surface area (Å²) in [6.45, 7) is 2.17. The molecule has 1 aromatic heterocycles. The van der Waals surface area contributed by atoms with E-state index in [0.29, 0.717) is 18.1 Å². The second-order valence-corrected chi connectivity index (χ2v) is 4.56. The number of nitriles is 1. The number of carbonyl (C=O) groups is 1. The Hall–Kier alpha value is -3.07. The number of amides is 1. The highest BCUT2D eigenvalue weighted by molar-refractivity contribution is 5.75. The van der Waals surface area contributed by atoms with Crippen LogP contribution in [0.2, 0.25) is 0 Å². The summed E-state index contributed by atoms with van der Waals surface area (Å²) in [4.78, 5) is 23.4. The molecule has 0 aliphatic heterocycles. The maximum atomic E-state index is 12.2. The zero-order valence-electron chi connectivity index (χ0n) is 12.1. The molecule has 0 spiro atoms. The zero-order valence-corrected chi connectivity index (χ0v) is 12.1. The monoisotopic (exact) mass is 297 g/mol. The Labute approximate surface area is 127 Å².